The lowest BCUT2D eigenvalue weighted by Gasteiger charge is -2.23. The van der Waals surface area contributed by atoms with Gasteiger partial charge < -0.3 is 23.7 Å². The van der Waals surface area contributed by atoms with Crippen molar-refractivity contribution in [3.8, 4) is 0 Å². The van der Waals surface area contributed by atoms with Crippen LogP contribution in [0.1, 0.15) is 34.6 Å². The number of carbonyl (C=O) groups is 1. The first kappa shape index (κ1) is 13.0. The quantitative estimate of drug-likeness (QED) is 0.684. The van der Waals surface area contributed by atoms with Crippen LogP contribution in [-0.4, -0.2) is 42.3 Å². The molecule has 0 radical (unpaired) electrons. The molecule has 0 spiro atoms. The van der Waals surface area contributed by atoms with E-state index in [2.05, 4.69) is 0 Å². The van der Waals surface area contributed by atoms with Crippen molar-refractivity contribution >= 4 is 6.29 Å². The molecule has 98 valence electrons. The van der Waals surface area contributed by atoms with E-state index in [-0.39, 0.29) is 12.2 Å². The van der Waals surface area contributed by atoms with Crippen molar-refractivity contribution < 1.29 is 23.7 Å². The molecule has 2 aliphatic rings. The van der Waals surface area contributed by atoms with Gasteiger partial charge in [0.25, 0.3) is 0 Å². The third-order valence-electron chi connectivity index (χ3n) is 2.97. The van der Waals surface area contributed by atoms with Crippen molar-refractivity contribution in [2.24, 2.45) is 0 Å². The van der Waals surface area contributed by atoms with Gasteiger partial charge in [-0.25, -0.2) is 0 Å². The Hall–Kier alpha value is -0.490. The van der Waals surface area contributed by atoms with Crippen LogP contribution in [-0.2, 0) is 23.7 Å². The first-order chi connectivity index (χ1) is 7.74. The third kappa shape index (κ3) is 2.52. The Balaban J connectivity index is 2.14. The van der Waals surface area contributed by atoms with Crippen LogP contribution < -0.4 is 0 Å². The van der Waals surface area contributed by atoms with Crippen LogP contribution in [0.3, 0.4) is 0 Å². The predicted octanol–water partition coefficient (Wildman–Crippen LogP) is 1.25. The molecule has 5 nitrogen and oxygen atoms in total. The first-order valence-electron chi connectivity index (χ1n) is 5.91. The maximum atomic E-state index is 11.0. The summed E-state index contributed by atoms with van der Waals surface area (Å²) >= 11 is 0. The molecule has 0 aromatic heterocycles. The molecule has 0 bridgehead atoms. The molecule has 2 saturated heterocycles. The van der Waals surface area contributed by atoms with Crippen LogP contribution in [0.25, 0.3) is 0 Å². The van der Waals surface area contributed by atoms with Crippen LogP contribution in [0.4, 0.5) is 0 Å². The van der Waals surface area contributed by atoms with Crippen LogP contribution in [0, 0.1) is 0 Å². The molecular weight excluding hydrogens is 224 g/mol. The van der Waals surface area contributed by atoms with Crippen molar-refractivity contribution in [1.29, 1.82) is 0 Å². The van der Waals surface area contributed by atoms with E-state index in [1.54, 1.807) is 13.8 Å². The minimum Gasteiger partial charge on any atom is -0.345 e. The molecule has 0 aromatic rings. The molecule has 0 aromatic carbocycles. The zero-order valence-electron chi connectivity index (χ0n) is 10.9. The van der Waals surface area contributed by atoms with Gasteiger partial charge in [-0.05, 0) is 34.6 Å². The average Bonchev–Trinajstić information content (AvgIpc) is 2.62. The van der Waals surface area contributed by atoms with Gasteiger partial charge in [-0.1, -0.05) is 0 Å². The molecule has 0 amide bonds. The Morgan fingerprint density at radius 3 is 1.88 bits per heavy atom. The van der Waals surface area contributed by atoms with Crippen LogP contribution in [0.5, 0.6) is 0 Å². The Morgan fingerprint density at radius 2 is 1.41 bits per heavy atom. The number of aldehydes is 1. The molecule has 0 N–H and O–H groups in total. The maximum Gasteiger partial charge on any atom is 0.164 e. The fourth-order valence-electron chi connectivity index (χ4n) is 2.48. The van der Waals surface area contributed by atoms with E-state index in [0.29, 0.717) is 0 Å². The summed E-state index contributed by atoms with van der Waals surface area (Å²) in [7, 11) is 0. The minimum absolute atomic E-state index is 0.130. The average molecular weight is 244 g/mol. The second-order valence-electron chi connectivity index (χ2n) is 5.51. The molecule has 0 aliphatic carbocycles. The fourth-order valence-corrected chi connectivity index (χ4v) is 2.48. The molecular formula is C12H20O5. The first-order valence-corrected chi connectivity index (χ1v) is 5.91. The number of hydrogen-bond donors (Lipinski definition) is 0. The van der Waals surface area contributed by atoms with E-state index in [4.69, 9.17) is 18.9 Å². The SMILES string of the molecule is C[C@@H]1OC(C)(C)O[C@H]1[C@H]1OC(C)(C)O[C@@H]1C=O. The van der Waals surface area contributed by atoms with Gasteiger partial charge in [0, 0.05) is 0 Å². The second kappa shape index (κ2) is 4.02. The molecule has 17 heavy (non-hydrogen) atoms. The monoisotopic (exact) mass is 244 g/mol. The lowest BCUT2D eigenvalue weighted by Crippen LogP contribution is -2.41. The van der Waals surface area contributed by atoms with Gasteiger partial charge in [0.05, 0.1) is 6.10 Å². The Bertz CT molecular complexity index is 312. The van der Waals surface area contributed by atoms with Gasteiger partial charge in [0.15, 0.2) is 17.9 Å². The smallest absolute Gasteiger partial charge is 0.164 e. The molecule has 2 heterocycles. The van der Waals surface area contributed by atoms with Crippen molar-refractivity contribution in [3.05, 3.63) is 0 Å². The summed E-state index contributed by atoms with van der Waals surface area (Å²) in [4.78, 5) is 11.0. The molecule has 2 aliphatic heterocycles. The van der Waals surface area contributed by atoms with E-state index < -0.39 is 23.8 Å². The minimum atomic E-state index is -0.758. The van der Waals surface area contributed by atoms with E-state index in [1.807, 2.05) is 20.8 Å². The van der Waals surface area contributed by atoms with E-state index in [1.165, 1.54) is 0 Å². The summed E-state index contributed by atoms with van der Waals surface area (Å²) < 4.78 is 22.7. The molecule has 5 heteroatoms. The Labute approximate surface area is 101 Å². The number of rotatable bonds is 2. The normalized spacial score (nSPS) is 43.8. The number of carbonyl (C=O) groups excluding carboxylic acids is 1. The van der Waals surface area contributed by atoms with Crippen molar-refractivity contribution in [2.45, 2.75) is 70.6 Å². The predicted molar refractivity (Wildman–Crippen MR) is 59.4 cm³/mol. The summed E-state index contributed by atoms with van der Waals surface area (Å²) in [5, 5.41) is 0. The molecule has 2 fully saturated rings. The second-order valence-corrected chi connectivity index (χ2v) is 5.51. The highest BCUT2D eigenvalue weighted by Crippen LogP contribution is 2.37. The van der Waals surface area contributed by atoms with Gasteiger partial charge in [-0.2, -0.15) is 0 Å². The van der Waals surface area contributed by atoms with Crippen LogP contribution >= 0.6 is 0 Å². The van der Waals surface area contributed by atoms with Gasteiger partial charge in [0.2, 0.25) is 0 Å². The molecule has 0 unspecified atom stereocenters. The topological polar surface area (TPSA) is 54.0 Å². The fraction of sp³-hybridized carbons (Fsp3) is 0.917. The van der Waals surface area contributed by atoms with E-state index in [0.717, 1.165) is 6.29 Å². The lowest BCUT2D eigenvalue weighted by atomic mass is 10.1. The van der Waals surface area contributed by atoms with Crippen molar-refractivity contribution in [2.75, 3.05) is 0 Å². The summed E-state index contributed by atoms with van der Waals surface area (Å²) in [6.07, 6.45) is -0.674. The maximum absolute atomic E-state index is 11.0. The van der Waals surface area contributed by atoms with Gasteiger partial charge in [-0.3, -0.25) is 0 Å². The largest absolute Gasteiger partial charge is 0.345 e. The van der Waals surface area contributed by atoms with Crippen LogP contribution in [0.15, 0.2) is 0 Å². The molecule has 2 rings (SSSR count). The van der Waals surface area contributed by atoms with E-state index in [9.17, 15) is 4.79 Å². The van der Waals surface area contributed by atoms with Gasteiger partial charge in [-0.15, -0.1) is 0 Å². The van der Waals surface area contributed by atoms with Crippen molar-refractivity contribution in [3.63, 3.8) is 0 Å². The Morgan fingerprint density at radius 1 is 0.882 bits per heavy atom. The summed E-state index contributed by atoms with van der Waals surface area (Å²) in [6, 6.07) is 0. The third-order valence-corrected chi connectivity index (χ3v) is 2.97. The zero-order chi connectivity index (χ0) is 12.8. The summed E-state index contributed by atoms with van der Waals surface area (Å²) in [6.45, 7) is 9.18. The zero-order valence-corrected chi connectivity index (χ0v) is 10.9. The lowest BCUT2D eigenvalue weighted by molar-refractivity contribution is -0.175. The number of ether oxygens (including phenoxy) is 4. The van der Waals surface area contributed by atoms with E-state index >= 15 is 0 Å². The summed E-state index contributed by atoms with van der Waals surface area (Å²) in [5.74, 6) is -1.40. The molecule has 0 saturated carbocycles. The number of hydrogen-bond acceptors (Lipinski definition) is 5. The summed E-state index contributed by atoms with van der Waals surface area (Å²) in [5.41, 5.74) is 0. The van der Waals surface area contributed by atoms with Gasteiger partial charge in [0.1, 0.15) is 18.3 Å². The van der Waals surface area contributed by atoms with Crippen molar-refractivity contribution in [1.82, 2.24) is 0 Å². The molecule has 4 atom stereocenters. The van der Waals surface area contributed by atoms with Gasteiger partial charge >= 0.3 is 0 Å². The highest BCUT2D eigenvalue weighted by molar-refractivity contribution is 5.58. The highest BCUT2D eigenvalue weighted by Gasteiger charge is 2.52. The standard InChI is InChI=1S/C12H20O5/c1-7-9(16-11(2,3)14-7)10-8(6-13)15-12(4,5)17-10/h6-10H,1-5H3/t7-,8+,9+,10-/m0/s1. The Kier molecular flexibility index (Phi) is 3.06. The van der Waals surface area contributed by atoms with Crippen LogP contribution in [0.2, 0.25) is 0 Å². The highest BCUT2D eigenvalue weighted by atomic mass is 16.8.